The van der Waals surface area contributed by atoms with Crippen molar-refractivity contribution in [2.45, 2.75) is 6.43 Å². The number of imidazole rings is 1. The largest absolute Gasteiger partial charge is 0.478 e. The fourth-order valence-corrected chi connectivity index (χ4v) is 1.46. The maximum absolute atomic E-state index is 12.6. The second-order valence-corrected chi connectivity index (χ2v) is 3.31. The van der Waals surface area contributed by atoms with Crippen LogP contribution in [-0.4, -0.2) is 20.6 Å². The van der Waals surface area contributed by atoms with Gasteiger partial charge in [-0.1, -0.05) is 0 Å². The third-order valence-electron chi connectivity index (χ3n) is 2.26. The van der Waals surface area contributed by atoms with E-state index >= 15 is 0 Å². The number of carboxylic acids is 1. The number of aromatic carboxylic acids is 1. The first-order valence-corrected chi connectivity index (χ1v) is 4.74. The van der Waals surface area contributed by atoms with Gasteiger partial charge in [0.05, 0.1) is 5.56 Å². The lowest BCUT2D eigenvalue weighted by Crippen LogP contribution is -2.02. The van der Waals surface area contributed by atoms with E-state index in [0.29, 0.717) is 5.69 Å². The van der Waals surface area contributed by atoms with Crippen molar-refractivity contribution in [1.29, 1.82) is 0 Å². The van der Waals surface area contributed by atoms with Crippen LogP contribution in [0.4, 0.5) is 8.78 Å². The van der Waals surface area contributed by atoms with Crippen LogP contribution in [0.15, 0.2) is 36.7 Å². The van der Waals surface area contributed by atoms with Crippen LogP contribution in [0, 0.1) is 0 Å². The van der Waals surface area contributed by atoms with E-state index in [0.717, 1.165) is 0 Å². The molecule has 1 heterocycles. The van der Waals surface area contributed by atoms with Gasteiger partial charge in [-0.15, -0.1) is 0 Å². The average molecular weight is 238 g/mol. The quantitative estimate of drug-likeness (QED) is 0.893. The average Bonchev–Trinajstić information content (AvgIpc) is 2.78. The molecule has 0 aliphatic carbocycles. The van der Waals surface area contributed by atoms with Gasteiger partial charge >= 0.3 is 5.97 Å². The maximum atomic E-state index is 12.6. The molecule has 1 aromatic heterocycles. The van der Waals surface area contributed by atoms with E-state index in [1.165, 1.54) is 41.2 Å². The minimum atomic E-state index is -2.68. The van der Waals surface area contributed by atoms with E-state index in [4.69, 9.17) is 5.11 Å². The summed E-state index contributed by atoms with van der Waals surface area (Å²) in [5.41, 5.74) is 0.551. The van der Waals surface area contributed by atoms with Gasteiger partial charge in [-0.05, 0) is 24.3 Å². The van der Waals surface area contributed by atoms with E-state index in [-0.39, 0.29) is 11.4 Å². The molecule has 2 aromatic rings. The number of aromatic nitrogens is 2. The molecule has 0 spiro atoms. The predicted molar refractivity (Wildman–Crippen MR) is 55.5 cm³/mol. The summed E-state index contributed by atoms with van der Waals surface area (Å²) in [6.45, 7) is 0. The van der Waals surface area contributed by atoms with Gasteiger partial charge in [-0.25, -0.2) is 18.6 Å². The van der Waals surface area contributed by atoms with Crippen LogP contribution >= 0.6 is 0 Å². The highest BCUT2D eigenvalue weighted by Crippen LogP contribution is 2.20. The van der Waals surface area contributed by atoms with E-state index in [2.05, 4.69) is 4.98 Å². The van der Waals surface area contributed by atoms with Crippen LogP contribution in [0.3, 0.4) is 0 Å². The third kappa shape index (κ3) is 2.15. The number of benzene rings is 1. The number of carboxylic acid groups (broad SMARTS) is 1. The van der Waals surface area contributed by atoms with Crippen LogP contribution in [0.5, 0.6) is 0 Å². The van der Waals surface area contributed by atoms with Crippen LogP contribution in [0.25, 0.3) is 5.69 Å². The summed E-state index contributed by atoms with van der Waals surface area (Å²) in [7, 11) is 0. The normalized spacial score (nSPS) is 10.8. The molecule has 0 radical (unpaired) electrons. The lowest BCUT2D eigenvalue weighted by Gasteiger charge is -2.07. The third-order valence-corrected chi connectivity index (χ3v) is 2.26. The Morgan fingerprint density at radius 3 is 2.47 bits per heavy atom. The molecule has 2 rings (SSSR count). The Bertz CT molecular complexity index is 535. The summed E-state index contributed by atoms with van der Waals surface area (Å²) in [6, 6.07) is 5.62. The summed E-state index contributed by atoms with van der Waals surface area (Å²) < 4.78 is 26.4. The molecule has 0 bridgehead atoms. The van der Waals surface area contributed by atoms with Crippen molar-refractivity contribution in [3.63, 3.8) is 0 Å². The van der Waals surface area contributed by atoms with Crippen molar-refractivity contribution in [3.05, 3.63) is 48.0 Å². The molecular formula is C11H8F2N2O2. The van der Waals surface area contributed by atoms with Crippen molar-refractivity contribution in [1.82, 2.24) is 9.55 Å². The molecule has 0 fully saturated rings. The molecule has 6 heteroatoms. The van der Waals surface area contributed by atoms with E-state index in [9.17, 15) is 13.6 Å². The summed E-state index contributed by atoms with van der Waals surface area (Å²) in [5.74, 6) is -1.43. The van der Waals surface area contributed by atoms with Gasteiger partial charge in [0.25, 0.3) is 6.43 Å². The molecule has 0 unspecified atom stereocenters. The molecule has 4 nitrogen and oxygen atoms in total. The fourth-order valence-electron chi connectivity index (χ4n) is 1.46. The Labute approximate surface area is 95.1 Å². The number of nitrogens with zero attached hydrogens (tertiary/aromatic N) is 2. The lowest BCUT2D eigenvalue weighted by molar-refractivity contribution is 0.0697. The highest BCUT2D eigenvalue weighted by atomic mass is 19.3. The number of hydrogen-bond acceptors (Lipinski definition) is 2. The van der Waals surface area contributed by atoms with Gasteiger partial charge in [-0.3, -0.25) is 4.57 Å². The van der Waals surface area contributed by atoms with Crippen molar-refractivity contribution < 1.29 is 18.7 Å². The molecule has 0 saturated carbocycles. The number of rotatable bonds is 3. The van der Waals surface area contributed by atoms with Crippen LogP contribution in [-0.2, 0) is 0 Å². The van der Waals surface area contributed by atoms with E-state index in [1.54, 1.807) is 0 Å². The van der Waals surface area contributed by atoms with Gasteiger partial charge in [0, 0.05) is 18.1 Å². The van der Waals surface area contributed by atoms with Gasteiger partial charge < -0.3 is 5.11 Å². The summed E-state index contributed by atoms with van der Waals surface area (Å²) >= 11 is 0. The minimum absolute atomic E-state index is 0.104. The Balaban J connectivity index is 2.40. The first-order valence-electron chi connectivity index (χ1n) is 4.74. The van der Waals surface area contributed by atoms with Crippen molar-refractivity contribution in [3.8, 4) is 5.69 Å². The highest BCUT2D eigenvalue weighted by molar-refractivity contribution is 5.87. The SMILES string of the molecule is O=C(O)c1ccc(-n2ccnc2C(F)F)cc1. The molecule has 0 aliphatic rings. The zero-order valence-electron chi connectivity index (χ0n) is 8.55. The van der Waals surface area contributed by atoms with Crippen LogP contribution < -0.4 is 0 Å². The molecule has 0 atom stereocenters. The number of carbonyl (C=O) groups is 1. The van der Waals surface area contributed by atoms with Crippen LogP contribution in [0.2, 0.25) is 0 Å². The van der Waals surface area contributed by atoms with Gasteiger partial charge in [0.1, 0.15) is 0 Å². The highest BCUT2D eigenvalue weighted by Gasteiger charge is 2.15. The monoisotopic (exact) mass is 238 g/mol. The molecule has 0 aliphatic heterocycles. The topological polar surface area (TPSA) is 55.1 Å². The van der Waals surface area contributed by atoms with E-state index in [1.807, 2.05) is 0 Å². The van der Waals surface area contributed by atoms with Gasteiger partial charge in [0.2, 0.25) is 0 Å². The summed E-state index contributed by atoms with van der Waals surface area (Å²) in [4.78, 5) is 14.2. The predicted octanol–water partition coefficient (Wildman–Crippen LogP) is 2.51. The zero-order chi connectivity index (χ0) is 12.4. The number of alkyl halides is 2. The van der Waals surface area contributed by atoms with Gasteiger partial charge in [-0.2, -0.15) is 0 Å². The standard InChI is InChI=1S/C11H8F2N2O2/c12-9(13)10-14-5-6-15(10)8-3-1-7(2-4-8)11(16)17/h1-6,9H,(H,16,17). The maximum Gasteiger partial charge on any atom is 0.335 e. The second-order valence-electron chi connectivity index (χ2n) is 3.31. The Morgan fingerprint density at radius 1 is 1.29 bits per heavy atom. The molecular weight excluding hydrogens is 230 g/mol. The fraction of sp³-hybridized carbons (Fsp3) is 0.0909. The second kappa shape index (κ2) is 4.32. The molecule has 88 valence electrons. The number of hydrogen-bond donors (Lipinski definition) is 1. The van der Waals surface area contributed by atoms with Gasteiger partial charge in [0.15, 0.2) is 5.82 Å². The summed E-state index contributed by atoms with van der Waals surface area (Å²) in [5, 5.41) is 8.71. The first-order chi connectivity index (χ1) is 8.09. The van der Waals surface area contributed by atoms with Crippen molar-refractivity contribution in [2.24, 2.45) is 0 Å². The zero-order valence-corrected chi connectivity index (χ0v) is 8.55. The Kier molecular flexibility index (Phi) is 2.86. The Hall–Kier alpha value is -2.24. The molecule has 0 saturated heterocycles. The smallest absolute Gasteiger partial charge is 0.335 e. The Morgan fingerprint density at radius 2 is 1.94 bits per heavy atom. The molecule has 0 amide bonds. The van der Waals surface area contributed by atoms with Crippen LogP contribution in [0.1, 0.15) is 22.6 Å². The lowest BCUT2D eigenvalue weighted by atomic mass is 10.2. The van der Waals surface area contributed by atoms with Crippen molar-refractivity contribution >= 4 is 5.97 Å². The number of halogens is 2. The van der Waals surface area contributed by atoms with E-state index < -0.39 is 12.4 Å². The minimum Gasteiger partial charge on any atom is -0.478 e. The first kappa shape index (κ1) is 11.3. The van der Waals surface area contributed by atoms with Crippen molar-refractivity contribution in [2.75, 3.05) is 0 Å². The molecule has 17 heavy (non-hydrogen) atoms. The summed E-state index contributed by atoms with van der Waals surface area (Å²) in [6.07, 6.45) is -0.00621. The molecule has 1 aromatic carbocycles. The molecule has 1 N–H and O–H groups in total.